The Morgan fingerprint density at radius 1 is 1.12 bits per heavy atom. The molecule has 1 fully saturated rings. The molecule has 11 heteroatoms. The quantitative estimate of drug-likeness (QED) is 0.398. The number of hydrogen-bond donors (Lipinski definition) is 1. The van der Waals surface area contributed by atoms with E-state index in [1.807, 2.05) is 6.92 Å². The van der Waals surface area contributed by atoms with Crippen LogP contribution in [0.4, 0.5) is 14.6 Å². The number of carbonyl (C=O) groups is 1. The van der Waals surface area contributed by atoms with Gasteiger partial charge in [0.05, 0.1) is 23.9 Å². The van der Waals surface area contributed by atoms with Crippen molar-refractivity contribution in [1.82, 2.24) is 9.97 Å². The number of carbonyl (C=O) groups excluding carboxylic acids is 1. The molecule has 184 valence electrons. The first kappa shape index (κ1) is 25.7. The second kappa shape index (κ2) is 11.5. The van der Waals surface area contributed by atoms with E-state index in [9.17, 15) is 22.0 Å². The number of ether oxygens (including phenoxy) is 2. The molecule has 1 aliphatic carbocycles. The van der Waals surface area contributed by atoms with Gasteiger partial charge in [-0.05, 0) is 43.4 Å². The van der Waals surface area contributed by atoms with Crippen LogP contribution in [0.1, 0.15) is 25.3 Å². The van der Waals surface area contributed by atoms with Gasteiger partial charge in [0.15, 0.2) is 15.7 Å². The van der Waals surface area contributed by atoms with Crippen molar-refractivity contribution in [2.45, 2.75) is 37.0 Å². The predicted octanol–water partition coefficient (Wildman–Crippen LogP) is 3.40. The van der Waals surface area contributed by atoms with Gasteiger partial charge in [0.1, 0.15) is 19.0 Å². The summed E-state index contributed by atoms with van der Waals surface area (Å²) in [4.78, 5) is 21.4. The minimum absolute atomic E-state index is 0.0348. The Kier molecular flexibility index (Phi) is 8.67. The molecule has 34 heavy (non-hydrogen) atoms. The molecule has 3 atom stereocenters. The van der Waals surface area contributed by atoms with E-state index < -0.39 is 34.0 Å². The highest BCUT2D eigenvalue weighted by Crippen LogP contribution is 2.34. The van der Waals surface area contributed by atoms with Gasteiger partial charge in [-0.25, -0.2) is 27.2 Å². The summed E-state index contributed by atoms with van der Waals surface area (Å²) in [6.45, 7) is 3.16. The van der Waals surface area contributed by atoms with Crippen LogP contribution in [0.2, 0.25) is 0 Å². The third-order valence-corrected chi connectivity index (χ3v) is 6.37. The Balaban J connectivity index is 1.78. The highest BCUT2D eigenvalue weighted by molar-refractivity contribution is 7.90. The fourth-order valence-corrected chi connectivity index (χ4v) is 4.15. The zero-order valence-corrected chi connectivity index (χ0v) is 19.7. The van der Waals surface area contributed by atoms with Gasteiger partial charge in [-0.15, -0.1) is 0 Å². The van der Waals surface area contributed by atoms with E-state index in [1.54, 1.807) is 0 Å². The average Bonchev–Trinajstić information content (AvgIpc) is 3.12. The Morgan fingerprint density at radius 3 is 2.35 bits per heavy atom. The third-order valence-electron chi connectivity index (χ3n) is 5.24. The van der Waals surface area contributed by atoms with Gasteiger partial charge in [-0.3, -0.25) is 4.79 Å². The number of anilines is 1. The van der Waals surface area contributed by atoms with Crippen molar-refractivity contribution in [2.75, 3.05) is 31.4 Å². The molecule has 0 saturated heterocycles. The van der Waals surface area contributed by atoms with E-state index in [0.29, 0.717) is 25.4 Å². The van der Waals surface area contributed by atoms with Crippen LogP contribution in [-0.4, -0.2) is 62.7 Å². The van der Waals surface area contributed by atoms with Crippen molar-refractivity contribution in [3.05, 3.63) is 48.3 Å². The number of allylic oxidation sites excluding steroid dienone is 1. The van der Waals surface area contributed by atoms with Crippen LogP contribution in [0.3, 0.4) is 0 Å². The normalized spacial score (nSPS) is 20.8. The van der Waals surface area contributed by atoms with Crippen molar-refractivity contribution in [3.63, 3.8) is 0 Å². The van der Waals surface area contributed by atoms with Crippen molar-refractivity contribution in [1.29, 1.82) is 0 Å². The highest BCUT2D eigenvalue weighted by atomic mass is 32.2. The maximum atomic E-state index is 13.7. The molecule has 0 radical (unpaired) electrons. The topological polar surface area (TPSA) is 107 Å². The number of rotatable bonds is 10. The number of nitrogens with zero attached hydrogens (tertiary/aromatic N) is 2. The smallest absolute Gasteiger partial charge is 0.257 e. The van der Waals surface area contributed by atoms with E-state index in [1.165, 1.54) is 42.7 Å². The van der Waals surface area contributed by atoms with E-state index >= 15 is 0 Å². The lowest BCUT2D eigenvalue weighted by atomic mass is 9.98. The summed E-state index contributed by atoms with van der Waals surface area (Å²) in [7, 11) is -3.42. The predicted molar refractivity (Wildman–Crippen MR) is 123 cm³/mol. The second-order valence-electron chi connectivity index (χ2n) is 7.88. The van der Waals surface area contributed by atoms with Crippen LogP contribution < -0.4 is 10.1 Å². The summed E-state index contributed by atoms with van der Waals surface area (Å²) < 4.78 is 61.5. The number of aromatic nitrogens is 2. The van der Waals surface area contributed by atoms with Gasteiger partial charge < -0.3 is 14.8 Å². The first-order valence-corrected chi connectivity index (χ1v) is 12.7. The molecule has 0 spiro atoms. The third kappa shape index (κ3) is 7.04. The number of benzene rings is 1. The molecule has 3 rings (SSSR count). The van der Waals surface area contributed by atoms with Crippen molar-refractivity contribution < 1.29 is 31.5 Å². The van der Waals surface area contributed by atoms with Crippen LogP contribution in [0, 0.1) is 5.92 Å². The van der Waals surface area contributed by atoms with E-state index in [-0.39, 0.29) is 35.0 Å². The largest absolute Gasteiger partial charge is 0.474 e. The monoisotopic (exact) mass is 495 g/mol. The lowest BCUT2D eigenvalue weighted by molar-refractivity contribution is -0.111. The molecule has 1 amide bonds. The molecule has 1 unspecified atom stereocenters. The molecular formula is C23H27F2N3O5S. The summed E-state index contributed by atoms with van der Waals surface area (Å²) in [5.41, 5.74) is 0.566. The fraction of sp³-hybridized carbons (Fsp3) is 0.435. The van der Waals surface area contributed by atoms with Crippen molar-refractivity contribution >= 4 is 27.1 Å². The van der Waals surface area contributed by atoms with Gasteiger partial charge in [-0.2, -0.15) is 0 Å². The number of hydrogen-bond acceptors (Lipinski definition) is 7. The summed E-state index contributed by atoms with van der Waals surface area (Å²) in [6.07, 6.45) is 2.04. The van der Waals surface area contributed by atoms with Gasteiger partial charge in [0, 0.05) is 18.4 Å². The van der Waals surface area contributed by atoms with Crippen LogP contribution in [0.25, 0.3) is 5.57 Å². The average molecular weight is 496 g/mol. The summed E-state index contributed by atoms with van der Waals surface area (Å²) in [5.74, 6) is -0.630. The molecule has 1 saturated carbocycles. The first-order chi connectivity index (χ1) is 16.2. The maximum absolute atomic E-state index is 13.7. The number of nitrogens with one attached hydrogen (secondary N) is 1. The summed E-state index contributed by atoms with van der Waals surface area (Å²) in [6, 6.07) is 5.73. The highest BCUT2D eigenvalue weighted by Gasteiger charge is 2.34. The van der Waals surface area contributed by atoms with Crippen LogP contribution in [0.5, 0.6) is 5.88 Å². The lowest BCUT2D eigenvalue weighted by Gasteiger charge is -2.12. The Bertz CT molecular complexity index is 1100. The molecule has 0 aliphatic heterocycles. The van der Waals surface area contributed by atoms with Crippen LogP contribution in [-0.2, 0) is 19.4 Å². The van der Waals surface area contributed by atoms with E-state index in [4.69, 9.17) is 9.47 Å². The van der Waals surface area contributed by atoms with E-state index in [0.717, 1.165) is 6.26 Å². The summed E-state index contributed by atoms with van der Waals surface area (Å²) >= 11 is 0. The molecule has 1 aliphatic rings. The number of amides is 1. The molecule has 0 bridgehead atoms. The zero-order valence-electron chi connectivity index (χ0n) is 18.9. The summed E-state index contributed by atoms with van der Waals surface area (Å²) in [5, 5.41) is 2.62. The molecule has 1 aromatic carbocycles. The number of sulfone groups is 1. The minimum atomic E-state index is -3.42. The SMILES string of the molecule is CCOCCOc1cnc(NC(=O)/C(=C/C2C[C@@H](F)[C@@H](F)C2)c2ccc(S(C)(=O)=O)cc2)cn1. The second-order valence-corrected chi connectivity index (χ2v) is 9.90. The van der Waals surface area contributed by atoms with Crippen molar-refractivity contribution in [2.24, 2.45) is 5.92 Å². The molecule has 1 N–H and O–H groups in total. The fourth-order valence-electron chi connectivity index (χ4n) is 3.51. The van der Waals surface area contributed by atoms with Gasteiger partial charge in [0.2, 0.25) is 5.88 Å². The zero-order chi connectivity index (χ0) is 24.7. The molecule has 2 aromatic rings. The minimum Gasteiger partial charge on any atom is -0.474 e. The number of halogens is 2. The molecule has 1 aromatic heterocycles. The van der Waals surface area contributed by atoms with Gasteiger partial charge in [0.25, 0.3) is 5.91 Å². The lowest BCUT2D eigenvalue weighted by Crippen LogP contribution is -2.16. The van der Waals surface area contributed by atoms with Gasteiger partial charge in [-0.1, -0.05) is 18.2 Å². The van der Waals surface area contributed by atoms with Crippen LogP contribution in [0.15, 0.2) is 47.6 Å². The first-order valence-electron chi connectivity index (χ1n) is 10.8. The Labute approximate surface area is 197 Å². The Hall–Kier alpha value is -2.92. The van der Waals surface area contributed by atoms with E-state index in [2.05, 4.69) is 15.3 Å². The number of alkyl halides is 2. The molecular weight excluding hydrogens is 468 g/mol. The van der Waals surface area contributed by atoms with Gasteiger partial charge >= 0.3 is 0 Å². The molecule has 1 heterocycles. The maximum Gasteiger partial charge on any atom is 0.257 e. The van der Waals surface area contributed by atoms with Crippen molar-refractivity contribution in [3.8, 4) is 5.88 Å². The standard InChI is InChI=1S/C23H27F2N3O5S/c1-3-32-8-9-33-22-14-26-21(13-27-22)28-23(29)18(10-15-11-19(24)20(25)12-15)16-4-6-17(7-5-16)34(2,30)31/h4-7,10,13-15,19-20H,3,8-9,11-12H2,1-2H3,(H,26,28,29)/b18-10+/t15?,19-,20+. The molecule has 8 nitrogen and oxygen atoms in total. The van der Waals surface area contributed by atoms with Crippen LogP contribution >= 0.6 is 0 Å². The Morgan fingerprint density at radius 2 is 1.79 bits per heavy atom.